The second-order valence-corrected chi connectivity index (χ2v) is 6.98. The van der Waals surface area contributed by atoms with E-state index in [-0.39, 0.29) is 12.1 Å². The lowest BCUT2D eigenvalue weighted by Gasteiger charge is -2.40. The molecule has 0 N–H and O–H groups in total. The largest absolute Gasteiger partial charge is 0.444 e. The number of hydrogen-bond donors (Lipinski definition) is 0. The Bertz CT molecular complexity index is 535. The van der Waals surface area contributed by atoms with Gasteiger partial charge in [-0.2, -0.15) is 0 Å². The van der Waals surface area contributed by atoms with E-state index in [4.69, 9.17) is 4.74 Å². The Morgan fingerprint density at radius 1 is 1.32 bits per heavy atom. The van der Waals surface area contributed by atoms with Crippen molar-refractivity contribution in [1.29, 1.82) is 0 Å². The standard InChI is InChI=1S/C15H27N5O2/c1-11-9-19(10-13-17-16-12(2)18(13)6)7-8-20(11)14(21)22-15(3,4)5/h11H,7-10H2,1-6H3/t11-/m1/s1. The number of nitrogens with zero attached hydrogens (tertiary/aromatic N) is 5. The summed E-state index contributed by atoms with van der Waals surface area (Å²) in [6, 6.07) is 0.123. The van der Waals surface area contributed by atoms with Gasteiger partial charge in [0.2, 0.25) is 0 Å². The van der Waals surface area contributed by atoms with Crippen LogP contribution in [0.15, 0.2) is 0 Å². The number of carbonyl (C=O) groups is 1. The molecule has 2 rings (SSSR count). The van der Waals surface area contributed by atoms with E-state index in [0.29, 0.717) is 6.54 Å². The van der Waals surface area contributed by atoms with Crippen LogP contribution in [0.5, 0.6) is 0 Å². The smallest absolute Gasteiger partial charge is 0.410 e. The highest BCUT2D eigenvalue weighted by molar-refractivity contribution is 5.68. The van der Waals surface area contributed by atoms with Gasteiger partial charge >= 0.3 is 6.09 Å². The molecule has 124 valence electrons. The molecule has 1 atom stereocenters. The Morgan fingerprint density at radius 2 is 2.00 bits per heavy atom. The molecule has 0 aliphatic carbocycles. The Morgan fingerprint density at radius 3 is 2.50 bits per heavy atom. The minimum Gasteiger partial charge on any atom is -0.444 e. The third-order valence-electron chi connectivity index (χ3n) is 3.89. The summed E-state index contributed by atoms with van der Waals surface area (Å²) in [7, 11) is 1.98. The van der Waals surface area contributed by atoms with Gasteiger partial charge in [0.05, 0.1) is 6.54 Å². The van der Waals surface area contributed by atoms with Crippen molar-refractivity contribution in [2.75, 3.05) is 19.6 Å². The monoisotopic (exact) mass is 309 g/mol. The molecule has 1 aliphatic heterocycles. The van der Waals surface area contributed by atoms with Crippen LogP contribution < -0.4 is 0 Å². The summed E-state index contributed by atoms with van der Waals surface area (Å²) in [5.74, 6) is 1.87. The normalized spacial score (nSPS) is 20.3. The van der Waals surface area contributed by atoms with Gasteiger partial charge in [-0.25, -0.2) is 4.79 Å². The number of piperazine rings is 1. The van der Waals surface area contributed by atoms with Crippen LogP contribution >= 0.6 is 0 Å². The second-order valence-electron chi connectivity index (χ2n) is 6.98. The maximum Gasteiger partial charge on any atom is 0.410 e. The first kappa shape index (κ1) is 16.7. The maximum absolute atomic E-state index is 12.2. The van der Waals surface area contributed by atoms with Crippen LogP contribution in [-0.2, 0) is 18.3 Å². The topological polar surface area (TPSA) is 63.5 Å². The van der Waals surface area contributed by atoms with Gasteiger partial charge in [-0.1, -0.05) is 0 Å². The van der Waals surface area contributed by atoms with Crippen molar-refractivity contribution in [2.24, 2.45) is 7.05 Å². The third-order valence-corrected chi connectivity index (χ3v) is 3.89. The average molecular weight is 309 g/mol. The van der Waals surface area contributed by atoms with Crippen molar-refractivity contribution in [3.05, 3.63) is 11.6 Å². The van der Waals surface area contributed by atoms with Gasteiger partial charge in [0.25, 0.3) is 0 Å². The lowest BCUT2D eigenvalue weighted by Crippen LogP contribution is -2.54. The minimum absolute atomic E-state index is 0.123. The van der Waals surface area contributed by atoms with Crippen LogP contribution in [0.3, 0.4) is 0 Å². The van der Waals surface area contributed by atoms with E-state index in [1.54, 1.807) is 0 Å². The second kappa shape index (κ2) is 6.24. The summed E-state index contributed by atoms with van der Waals surface area (Å²) in [4.78, 5) is 16.3. The summed E-state index contributed by atoms with van der Waals surface area (Å²) in [5, 5.41) is 8.29. The van der Waals surface area contributed by atoms with Crippen molar-refractivity contribution >= 4 is 6.09 Å². The maximum atomic E-state index is 12.2. The lowest BCUT2D eigenvalue weighted by atomic mass is 10.2. The highest BCUT2D eigenvalue weighted by atomic mass is 16.6. The van der Waals surface area contributed by atoms with Crippen LogP contribution in [0.4, 0.5) is 4.79 Å². The molecule has 0 aromatic carbocycles. The van der Waals surface area contributed by atoms with Crippen LogP contribution in [0.1, 0.15) is 39.3 Å². The number of amides is 1. The third kappa shape index (κ3) is 3.97. The van der Waals surface area contributed by atoms with Gasteiger partial charge < -0.3 is 14.2 Å². The fourth-order valence-corrected chi connectivity index (χ4v) is 2.56. The molecule has 1 saturated heterocycles. The van der Waals surface area contributed by atoms with Crippen molar-refractivity contribution in [3.63, 3.8) is 0 Å². The molecule has 0 radical (unpaired) electrons. The number of aryl methyl sites for hydroxylation is 1. The minimum atomic E-state index is -0.454. The van der Waals surface area contributed by atoms with E-state index in [1.165, 1.54) is 0 Å². The van der Waals surface area contributed by atoms with Crippen LogP contribution in [-0.4, -0.2) is 61.9 Å². The summed E-state index contributed by atoms with van der Waals surface area (Å²) in [6.07, 6.45) is -0.228. The Balaban J connectivity index is 1.92. The molecule has 7 nitrogen and oxygen atoms in total. The molecule has 1 aromatic rings. The Hall–Kier alpha value is -1.63. The van der Waals surface area contributed by atoms with E-state index >= 15 is 0 Å². The first-order valence-electron chi connectivity index (χ1n) is 7.74. The number of hydrogen-bond acceptors (Lipinski definition) is 5. The fraction of sp³-hybridized carbons (Fsp3) is 0.800. The average Bonchev–Trinajstić information content (AvgIpc) is 2.68. The zero-order valence-corrected chi connectivity index (χ0v) is 14.5. The number of carbonyl (C=O) groups excluding carboxylic acids is 1. The van der Waals surface area contributed by atoms with Gasteiger partial charge in [0.1, 0.15) is 17.2 Å². The molecule has 2 heterocycles. The lowest BCUT2D eigenvalue weighted by molar-refractivity contribution is 0.000195. The summed E-state index contributed by atoms with van der Waals surface area (Å²) in [5.41, 5.74) is -0.454. The Kier molecular flexibility index (Phi) is 4.75. The van der Waals surface area contributed by atoms with Crippen LogP contribution in [0.25, 0.3) is 0 Å². The van der Waals surface area contributed by atoms with Gasteiger partial charge in [-0.3, -0.25) is 4.90 Å². The first-order chi connectivity index (χ1) is 10.2. The molecule has 0 spiro atoms. The molecule has 22 heavy (non-hydrogen) atoms. The van der Waals surface area contributed by atoms with E-state index < -0.39 is 5.60 Å². The Labute approximate surface area is 132 Å². The fourth-order valence-electron chi connectivity index (χ4n) is 2.56. The van der Waals surface area contributed by atoms with Crippen molar-refractivity contribution in [1.82, 2.24) is 24.6 Å². The summed E-state index contributed by atoms with van der Waals surface area (Å²) >= 11 is 0. The van der Waals surface area contributed by atoms with E-state index in [2.05, 4.69) is 22.0 Å². The molecule has 1 amide bonds. The molecule has 0 unspecified atom stereocenters. The molecular formula is C15H27N5O2. The van der Waals surface area contributed by atoms with Crippen molar-refractivity contribution < 1.29 is 9.53 Å². The number of aromatic nitrogens is 3. The summed E-state index contributed by atoms with van der Waals surface area (Å²) in [6.45, 7) is 12.7. The van der Waals surface area contributed by atoms with Crippen LogP contribution in [0.2, 0.25) is 0 Å². The number of rotatable bonds is 2. The zero-order chi connectivity index (χ0) is 16.5. The molecule has 1 aliphatic rings. The van der Waals surface area contributed by atoms with E-state index in [9.17, 15) is 4.79 Å². The van der Waals surface area contributed by atoms with Crippen LogP contribution in [0, 0.1) is 6.92 Å². The molecule has 0 saturated carbocycles. The molecule has 1 aromatic heterocycles. The predicted octanol–water partition coefficient (Wildman–Crippen LogP) is 1.56. The summed E-state index contributed by atoms with van der Waals surface area (Å²) < 4.78 is 7.47. The molecular weight excluding hydrogens is 282 g/mol. The van der Waals surface area contributed by atoms with E-state index in [1.807, 2.05) is 44.2 Å². The number of ether oxygens (including phenoxy) is 1. The van der Waals surface area contributed by atoms with E-state index in [0.717, 1.165) is 31.3 Å². The molecule has 7 heteroatoms. The highest BCUT2D eigenvalue weighted by Crippen LogP contribution is 2.16. The SMILES string of the molecule is Cc1nnc(CN2CCN(C(=O)OC(C)(C)C)[C@H](C)C2)n1C. The van der Waals surface area contributed by atoms with Gasteiger partial charge in [-0.05, 0) is 34.6 Å². The van der Waals surface area contributed by atoms with Gasteiger partial charge in [0, 0.05) is 32.7 Å². The molecule has 1 fully saturated rings. The van der Waals surface area contributed by atoms with Gasteiger partial charge in [0.15, 0.2) is 0 Å². The highest BCUT2D eigenvalue weighted by Gasteiger charge is 2.31. The quantitative estimate of drug-likeness (QED) is 0.829. The molecule has 0 bridgehead atoms. The van der Waals surface area contributed by atoms with Crippen molar-refractivity contribution in [2.45, 2.75) is 52.8 Å². The first-order valence-corrected chi connectivity index (χ1v) is 7.74. The zero-order valence-electron chi connectivity index (χ0n) is 14.5. The van der Waals surface area contributed by atoms with Gasteiger partial charge in [-0.15, -0.1) is 10.2 Å². The van der Waals surface area contributed by atoms with Crippen molar-refractivity contribution in [3.8, 4) is 0 Å². The predicted molar refractivity (Wildman–Crippen MR) is 83.4 cm³/mol.